The highest BCUT2D eigenvalue weighted by molar-refractivity contribution is 5.23. The molecule has 0 bridgehead atoms. The van der Waals surface area contributed by atoms with E-state index in [0.29, 0.717) is 11.8 Å². The second kappa shape index (κ2) is 3.91. The standard InChI is InChI=1S/C12H19N/c1-8(2)11-6-10(5)7-12(13-11)9(3)4/h6-9H,1-5H3. The second-order valence-electron chi connectivity index (χ2n) is 4.30. The van der Waals surface area contributed by atoms with Crippen LogP contribution in [0, 0.1) is 6.92 Å². The first-order valence-corrected chi connectivity index (χ1v) is 4.99. The molecule has 1 rings (SSSR count). The molecule has 0 aliphatic rings. The molecule has 0 aliphatic carbocycles. The van der Waals surface area contributed by atoms with Crippen molar-refractivity contribution in [2.75, 3.05) is 0 Å². The Hall–Kier alpha value is -0.850. The van der Waals surface area contributed by atoms with Gasteiger partial charge in [0.25, 0.3) is 0 Å². The van der Waals surface area contributed by atoms with Gasteiger partial charge in [0.2, 0.25) is 0 Å². The fourth-order valence-corrected chi connectivity index (χ4v) is 1.31. The van der Waals surface area contributed by atoms with Crippen LogP contribution in [-0.2, 0) is 0 Å². The highest BCUT2D eigenvalue weighted by atomic mass is 14.7. The zero-order valence-corrected chi connectivity index (χ0v) is 9.26. The quantitative estimate of drug-likeness (QED) is 0.672. The molecule has 72 valence electrons. The first-order chi connectivity index (χ1) is 6.00. The van der Waals surface area contributed by atoms with Gasteiger partial charge in [-0.3, -0.25) is 4.98 Å². The molecule has 0 radical (unpaired) electrons. The summed E-state index contributed by atoms with van der Waals surface area (Å²) in [6, 6.07) is 4.35. The minimum atomic E-state index is 0.525. The van der Waals surface area contributed by atoms with Crippen LogP contribution in [0.5, 0.6) is 0 Å². The molecular weight excluding hydrogens is 158 g/mol. The maximum atomic E-state index is 4.63. The summed E-state index contributed by atoms with van der Waals surface area (Å²) in [5, 5.41) is 0. The largest absolute Gasteiger partial charge is 0.257 e. The van der Waals surface area contributed by atoms with Gasteiger partial charge in [-0.2, -0.15) is 0 Å². The Morgan fingerprint density at radius 2 is 1.31 bits per heavy atom. The molecule has 13 heavy (non-hydrogen) atoms. The van der Waals surface area contributed by atoms with Gasteiger partial charge in [0.05, 0.1) is 0 Å². The Balaban J connectivity index is 3.11. The summed E-state index contributed by atoms with van der Waals surface area (Å²) in [6.45, 7) is 10.9. The van der Waals surface area contributed by atoms with Crippen molar-refractivity contribution in [1.29, 1.82) is 0 Å². The lowest BCUT2D eigenvalue weighted by Gasteiger charge is -2.11. The first kappa shape index (κ1) is 10.2. The van der Waals surface area contributed by atoms with E-state index in [4.69, 9.17) is 0 Å². The average molecular weight is 177 g/mol. The van der Waals surface area contributed by atoms with Crippen LogP contribution in [0.1, 0.15) is 56.5 Å². The SMILES string of the molecule is Cc1cc(C(C)C)nc(C(C)C)c1. The number of hydrogen-bond acceptors (Lipinski definition) is 1. The Bertz CT molecular complexity index is 261. The summed E-state index contributed by atoms with van der Waals surface area (Å²) in [5.74, 6) is 1.05. The van der Waals surface area contributed by atoms with Gasteiger partial charge in [0.1, 0.15) is 0 Å². The van der Waals surface area contributed by atoms with Crippen molar-refractivity contribution in [3.05, 3.63) is 29.1 Å². The lowest BCUT2D eigenvalue weighted by Crippen LogP contribution is -2.00. The molecule has 1 nitrogen and oxygen atoms in total. The highest BCUT2D eigenvalue weighted by Gasteiger charge is 2.06. The van der Waals surface area contributed by atoms with Crippen LogP contribution in [0.4, 0.5) is 0 Å². The van der Waals surface area contributed by atoms with Crippen molar-refractivity contribution in [3.8, 4) is 0 Å². The predicted octanol–water partition coefficient (Wildman–Crippen LogP) is 3.64. The van der Waals surface area contributed by atoms with Gasteiger partial charge < -0.3 is 0 Å². The molecule has 1 aromatic heterocycles. The van der Waals surface area contributed by atoms with Gasteiger partial charge in [-0.1, -0.05) is 27.7 Å². The zero-order chi connectivity index (χ0) is 10.0. The van der Waals surface area contributed by atoms with E-state index in [1.807, 2.05) is 0 Å². The van der Waals surface area contributed by atoms with Crippen molar-refractivity contribution in [2.24, 2.45) is 0 Å². The van der Waals surface area contributed by atoms with Gasteiger partial charge >= 0.3 is 0 Å². The zero-order valence-electron chi connectivity index (χ0n) is 9.26. The average Bonchev–Trinajstić information content (AvgIpc) is 2.03. The maximum Gasteiger partial charge on any atom is 0.0435 e. The monoisotopic (exact) mass is 177 g/mol. The molecule has 0 N–H and O–H groups in total. The van der Waals surface area contributed by atoms with Crippen molar-refractivity contribution < 1.29 is 0 Å². The minimum Gasteiger partial charge on any atom is -0.257 e. The van der Waals surface area contributed by atoms with Crippen molar-refractivity contribution in [2.45, 2.75) is 46.5 Å². The van der Waals surface area contributed by atoms with Gasteiger partial charge in [-0.15, -0.1) is 0 Å². The van der Waals surface area contributed by atoms with E-state index >= 15 is 0 Å². The summed E-state index contributed by atoms with van der Waals surface area (Å²) in [6.07, 6.45) is 0. The van der Waals surface area contributed by atoms with Crippen LogP contribution in [0.25, 0.3) is 0 Å². The number of aryl methyl sites for hydroxylation is 1. The number of aromatic nitrogens is 1. The molecule has 0 aromatic carbocycles. The van der Waals surface area contributed by atoms with Crippen LogP contribution in [0.3, 0.4) is 0 Å². The number of hydrogen-bond donors (Lipinski definition) is 0. The summed E-state index contributed by atoms with van der Waals surface area (Å²) >= 11 is 0. The lowest BCUT2D eigenvalue weighted by molar-refractivity contribution is 0.762. The summed E-state index contributed by atoms with van der Waals surface area (Å²) < 4.78 is 0. The van der Waals surface area contributed by atoms with E-state index in [9.17, 15) is 0 Å². The third kappa shape index (κ3) is 2.55. The molecule has 0 aliphatic heterocycles. The first-order valence-electron chi connectivity index (χ1n) is 4.99. The van der Waals surface area contributed by atoms with E-state index in [0.717, 1.165) is 0 Å². The van der Waals surface area contributed by atoms with Gasteiger partial charge in [-0.25, -0.2) is 0 Å². The molecule has 0 saturated heterocycles. The second-order valence-corrected chi connectivity index (χ2v) is 4.30. The van der Waals surface area contributed by atoms with E-state index in [1.165, 1.54) is 17.0 Å². The molecule has 0 saturated carbocycles. The van der Waals surface area contributed by atoms with Crippen molar-refractivity contribution in [3.63, 3.8) is 0 Å². The molecule has 0 amide bonds. The minimum absolute atomic E-state index is 0.525. The smallest absolute Gasteiger partial charge is 0.0435 e. The van der Waals surface area contributed by atoms with Crippen LogP contribution < -0.4 is 0 Å². The molecule has 1 heterocycles. The fourth-order valence-electron chi connectivity index (χ4n) is 1.31. The number of nitrogens with zero attached hydrogens (tertiary/aromatic N) is 1. The van der Waals surface area contributed by atoms with E-state index in [-0.39, 0.29) is 0 Å². The fraction of sp³-hybridized carbons (Fsp3) is 0.583. The Morgan fingerprint density at radius 1 is 0.923 bits per heavy atom. The Labute approximate surface area is 81.2 Å². The summed E-state index contributed by atoms with van der Waals surface area (Å²) in [5.41, 5.74) is 3.75. The van der Waals surface area contributed by atoms with E-state index in [2.05, 4.69) is 51.7 Å². The molecule has 1 heteroatoms. The van der Waals surface area contributed by atoms with Crippen LogP contribution in [0.2, 0.25) is 0 Å². The molecular formula is C12H19N. The third-order valence-electron chi connectivity index (χ3n) is 2.19. The van der Waals surface area contributed by atoms with Gasteiger partial charge in [0.15, 0.2) is 0 Å². The van der Waals surface area contributed by atoms with Gasteiger partial charge in [-0.05, 0) is 36.5 Å². The highest BCUT2D eigenvalue weighted by Crippen LogP contribution is 2.18. The Morgan fingerprint density at radius 3 is 1.62 bits per heavy atom. The maximum absolute atomic E-state index is 4.63. The summed E-state index contributed by atoms with van der Waals surface area (Å²) in [7, 11) is 0. The van der Waals surface area contributed by atoms with Crippen molar-refractivity contribution >= 4 is 0 Å². The normalized spacial score (nSPS) is 11.3. The number of pyridine rings is 1. The van der Waals surface area contributed by atoms with Crippen LogP contribution >= 0.6 is 0 Å². The topological polar surface area (TPSA) is 12.9 Å². The third-order valence-corrected chi connectivity index (χ3v) is 2.19. The summed E-state index contributed by atoms with van der Waals surface area (Å²) in [4.78, 5) is 4.63. The van der Waals surface area contributed by atoms with Crippen LogP contribution in [-0.4, -0.2) is 4.98 Å². The van der Waals surface area contributed by atoms with Gasteiger partial charge in [0, 0.05) is 11.4 Å². The van der Waals surface area contributed by atoms with Crippen LogP contribution in [0.15, 0.2) is 12.1 Å². The molecule has 1 aromatic rings. The lowest BCUT2D eigenvalue weighted by atomic mass is 10.0. The molecule has 0 fully saturated rings. The van der Waals surface area contributed by atoms with E-state index in [1.54, 1.807) is 0 Å². The number of rotatable bonds is 2. The van der Waals surface area contributed by atoms with E-state index < -0.39 is 0 Å². The molecule has 0 atom stereocenters. The van der Waals surface area contributed by atoms with Crippen molar-refractivity contribution in [1.82, 2.24) is 4.98 Å². The molecule has 0 spiro atoms. The predicted molar refractivity (Wildman–Crippen MR) is 57.2 cm³/mol. The molecule has 0 unspecified atom stereocenters. The Kier molecular flexibility index (Phi) is 3.07.